The Morgan fingerprint density at radius 2 is 2.54 bits per heavy atom. The molecule has 1 N–H and O–H groups in total. The van der Waals surface area contributed by atoms with E-state index in [1.807, 2.05) is 18.7 Å². The fourth-order valence-corrected chi connectivity index (χ4v) is 2.45. The SMILES string of the molecule is CC1C(=O)ON=C1C1CSCCN1. The number of thioether (sulfide) groups is 1. The summed E-state index contributed by atoms with van der Waals surface area (Å²) < 4.78 is 0. The highest BCUT2D eigenvalue weighted by atomic mass is 32.2. The second kappa shape index (κ2) is 3.67. The van der Waals surface area contributed by atoms with E-state index in [1.165, 1.54) is 0 Å². The molecule has 2 unspecified atom stereocenters. The van der Waals surface area contributed by atoms with E-state index in [-0.39, 0.29) is 17.9 Å². The van der Waals surface area contributed by atoms with Gasteiger partial charge in [0.25, 0.3) is 0 Å². The van der Waals surface area contributed by atoms with Crippen molar-refractivity contribution < 1.29 is 9.63 Å². The van der Waals surface area contributed by atoms with Gasteiger partial charge in [-0.05, 0) is 6.92 Å². The van der Waals surface area contributed by atoms with Crippen LogP contribution in [0.4, 0.5) is 0 Å². The number of hydrogen-bond acceptors (Lipinski definition) is 5. The summed E-state index contributed by atoms with van der Waals surface area (Å²) in [6, 6.07) is 0.222. The van der Waals surface area contributed by atoms with Gasteiger partial charge in [-0.1, -0.05) is 5.16 Å². The Morgan fingerprint density at radius 1 is 1.69 bits per heavy atom. The molecule has 0 aromatic carbocycles. The number of carbonyl (C=O) groups excluding carboxylic acids is 1. The molecule has 0 aliphatic carbocycles. The summed E-state index contributed by atoms with van der Waals surface area (Å²) in [5, 5.41) is 7.14. The summed E-state index contributed by atoms with van der Waals surface area (Å²) in [7, 11) is 0. The third-order valence-corrected chi connectivity index (χ3v) is 3.38. The van der Waals surface area contributed by atoms with Crippen molar-refractivity contribution in [1.82, 2.24) is 5.32 Å². The Labute approximate surface area is 81.1 Å². The van der Waals surface area contributed by atoms with Crippen LogP contribution in [0.2, 0.25) is 0 Å². The minimum absolute atomic E-state index is 0.170. The molecule has 2 aliphatic rings. The van der Waals surface area contributed by atoms with Crippen LogP contribution in [0, 0.1) is 5.92 Å². The Bertz CT molecular complexity index is 249. The molecular weight excluding hydrogens is 188 g/mol. The fourth-order valence-electron chi connectivity index (χ4n) is 1.50. The van der Waals surface area contributed by atoms with Crippen LogP contribution >= 0.6 is 11.8 Å². The van der Waals surface area contributed by atoms with Gasteiger partial charge in [0.05, 0.1) is 17.7 Å². The lowest BCUT2D eigenvalue weighted by atomic mass is 10.0. The zero-order valence-corrected chi connectivity index (χ0v) is 8.26. The van der Waals surface area contributed by atoms with Gasteiger partial charge in [-0.2, -0.15) is 11.8 Å². The van der Waals surface area contributed by atoms with Gasteiger partial charge < -0.3 is 10.2 Å². The maximum atomic E-state index is 11.1. The van der Waals surface area contributed by atoms with Crippen LogP contribution in [-0.4, -0.2) is 35.8 Å². The Hall–Kier alpha value is -0.550. The fraction of sp³-hybridized carbons (Fsp3) is 0.750. The van der Waals surface area contributed by atoms with Gasteiger partial charge >= 0.3 is 5.97 Å². The molecule has 0 aromatic rings. The predicted octanol–water partition coefficient (Wildman–Crippen LogP) is 0.240. The van der Waals surface area contributed by atoms with E-state index < -0.39 is 0 Å². The van der Waals surface area contributed by atoms with Gasteiger partial charge in [0, 0.05) is 18.1 Å². The lowest BCUT2D eigenvalue weighted by molar-refractivity contribution is -0.142. The molecule has 4 nitrogen and oxygen atoms in total. The molecule has 13 heavy (non-hydrogen) atoms. The third kappa shape index (κ3) is 1.71. The molecule has 0 amide bonds. The van der Waals surface area contributed by atoms with E-state index in [0.717, 1.165) is 23.8 Å². The van der Waals surface area contributed by atoms with Crippen LogP contribution in [0.5, 0.6) is 0 Å². The van der Waals surface area contributed by atoms with Crippen LogP contribution in [0.3, 0.4) is 0 Å². The van der Waals surface area contributed by atoms with Crippen molar-refractivity contribution in [2.75, 3.05) is 18.1 Å². The Kier molecular flexibility index (Phi) is 2.55. The molecule has 2 rings (SSSR count). The van der Waals surface area contributed by atoms with Crippen molar-refractivity contribution in [2.45, 2.75) is 13.0 Å². The minimum Gasteiger partial charge on any atom is -0.318 e. The van der Waals surface area contributed by atoms with Crippen molar-refractivity contribution >= 4 is 23.4 Å². The van der Waals surface area contributed by atoms with E-state index in [2.05, 4.69) is 15.3 Å². The molecule has 2 aliphatic heterocycles. The summed E-state index contributed by atoms with van der Waals surface area (Å²) in [4.78, 5) is 15.7. The third-order valence-electron chi connectivity index (χ3n) is 2.32. The Balaban J connectivity index is 2.03. The van der Waals surface area contributed by atoms with Crippen molar-refractivity contribution in [3.8, 4) is 0 Å². The van der Waals surface area contributed by atoms with Gasteiger partial charge in [-0.3, -0.25) is 0 Å². The molecule has 2 heterocycles. The summed E-state index contributed by atoms with van der Waals surface area (Å²) in [6.07, 6.45) is 0. The van der Waals surface area contributed by atoms with E-state index >= 15 is 0 Å². The highest BCUT2D eigenvalue weighted by Crippen LogP contribution is 2.18. The first-order chi connectivity index (χ1) is 6.29. The Morgan fingerprint density at radius 3 is 3.08 bits per heavy atom. The molecule has 0 bridgehead atoms. The molecule has 72 valence electrons. The average Bonchev–Trinajstić information content (AvgIpc) is 2.49. The van der Waals surface area contributed by atoms with Crippen molar-refractivity contribution in [2.24, 2.45) is 11.1 Å². The highest BCUT2D eigenvalue weighted by Gasteiger charge is 2.34. The van der Waals surface area contributed by atoms with E-state index in [4.69, 9.17) is 0 Å². The largest absolute Gasteiger partial charge is 0.343 e. The molecule has 1 saturated heterocycles. The zero-order chi connectivity index (χ0) is 9.26. The van der Waals surface area contributed by atoms with Crippen LogP contribution in [0.15, 0.2) is 5.16 Å². The first-order valence-electron chi connectivity index (χ1n) is 4.39. The first-order valence-corrected chi connectivity index (χ1v) is 5.54. The molecule has 0 spiro atoms. The summed E-state index contributed by atoms with van der Waals surface area (Å²) in [5.74, 6) is 1.72. The van der Waals surface area contributed by atoms with Crippen molar-refractivity contribution in [3.05, 3.63) is 0 Å². The predicted molar refractivity (Wildman–Crippen MR) is 51.8 cm³/mol. The second-order valence-electron chi connectivity index (χ2n) is 3.23. The summed E-state index contributed by atoms with van der Waals surface area (Å²) >= 11 is 1.88. The molecule has 2 atom stereocenters. The van der Waals surface area contributed by atoms with Crippen molar-refractivity contribution in [3.63, 3.8) is 0 Å². The number of rotatable bonds is 1. The number of carbonyl (C=O) groups is 1. The number of hydrogen-bond donors (Lipinski definition) is 1. The van der Waals surface area contributed by atoms with Crippen LogP contribution in [0.25, 0.3) is 0 Å². The van der Waals surface area contributed by atoms with Gasteiger partial charge in [-0.15, -0.1) is 0 Å². The van der Waals surface area contributed by atoms with Crippen molar-refractivity contribution in [1.29, 1.82) is 0 Å². The lowest BCUT2D eigenvalue weighted by Crippen LogP contribution is -2.45. The minimum atomic E-state index is -0.229. The zero-order valence-electron chi connectivity index (χ0n) is 7.45. The second-order valence-corrected chi connectivity index (χ2v) is 4.38. The van der Waals surface area contributed by atoms with E-state index in [9.17, 15) is 4.79 Å². The monoisotopic (exact) mass is 200 g/mol. The van der Waals surface area contributed by atoms with Gasteiger partial charge in [-0.25, -0.2) is 4.79 Å². The van der Waals surface area contributed by atoms with Gasteiger partial charge in [0.2, 0.25) is 0 Å². The normalized spacial score (nSPS) is 34.2. The number of nitrogens with zero attached hydrogens (tertiary/aromatic N) is 1. The van der Waals surface area contributed by atoms with Gasteiger partial charge in [0.15, 0.2) is 0 Å². The molecule has 5 heteroatoms. The van der Waals surface area contributed by atoms with E-state index in [1.54, 1.807) is 0 Å². The maximum Gasteiger partial charge on any atom is 0.343 e. The quantitative estimate of drug-likeness (QED) is 0.616. The summed E-state index contributed by atoms with van der Waals surface area (Å²) in [5.41, 5.74) is 0.859. The lowest BCUT2D eigenvalue weighted by Gasteiger charge is -2.23. The number of oxime groups is 1. The van der Waals surface area contributed by atoms with Crippen LogP contribution in [0.1, 0.15) is 6.92 Å². The maximum absolute atomic E-state index is 11.1. The first kappa shape index (κ1) is 9.02. The van der Waals surface area contributed by atoms with E-state index in [0.29, 0.717) is 0 Å². The topological polar surface area (TPSA) is 50.7 Å². The smallest absolute Gasteiger partial charge is 0.318 e. The molecule has 1 fully saturated rings. The molecule has 0 saturated carbocycles. The average molecular weight is 200 g/mol. The number of nitrogens with one attached hydrogen (secondary N) is 1. The highest BCUT2D eigenvalue weighted by molar-refractivity contribution is 7.99. The standard InChI is InChI=1S/C8H12N2O2S/c1-5-7(10-12-8(5)11)6-4-13-3-2-9-6/h5-6,9H,2-4H2,1H3. The van der Waals surface area contributed by atoms with Crippen LogP contribution < -0.4 is 5.32 Å². The molecule has 0 radical (unpaired) electrons. The molecule has 0 aromatic heterocycles. The molecular formula is C8H12N2O2S. The summed E-state index contributed by atoms with van der Waals surface area (Å²) in [6.45, 7) is 2.82. The van der Waals surface area contributed by atoms with Crippen LogP contribution in [-0.2, 0) is 9.63 Å². The van der Waals surface area contributed by atoms with Gasteiger partial charge in [0.1, 0.15) is 0 Å².